The summed E-state index contributed by atoms with van der Waals surface area (Å²) in [5.74, 6) is -1.39. The molecule has 4 rings (SSSR count). The Bertz CT molecular complexity index is 1210. The van der Waals surface area contributed by atoms with Crippen molar-refractivity contribution in [2.75, 3.05) is 23.3 Å². The van der Waals surface area contributed by atoms with Crippen LogP contribution in [0.1, 0.15) is 57.6 Å². The third-order valence-electron chi connectivity index (χ3n) is 6.48. The molecule has 0 saturated carbocycles. The summed E-state index contributed by atoms with van der Waals surface area (Å²) in [4.78, 5) is 41.3. The predicted molar refractivity (Wildman–Crippen MR) is 139 cm³/mol. The van der Waals surface area contributed by atoms with Gasteiger partial charge < -0.3 is 10.2 Å². The molecule has 2 heterocycles. The van der Waals surface area contributed by atoms with Crippen molar-refractivity contribution in [2.45, 2.75) is 52.0 Å². The number of anilines is 2. The standard InChI is InChI=1S/C27H30FN3O3S/c1-5-12-31-22-11-10-18(13-19(22)17(2)15-27(31,3)4)14-23-25(33)30(26(34)35-23)16-24(32)29-21-9-7-6-8-20(21)28/h6-11,13-14,17H,5,12,15-16H2,1-4H3,(H,29,32)/b23-14+. The van der Waals surface area contributed by atoms with Crippen LogP contribution in [0.4, 0.5) is 20.6 Å². The number of nitrogens with zero attached hydrogens (tertiary/aromatic N) is 2. The van der Waals surface area contributed by atoms with E-state index in [4.69, 9.17) is 0 Å². The number of halogens is 1. The minimum absolute atomic E-state index is 0.00323. The summed E-state index contributed by atoms with van der Waals surface area (Å²) in [5.41, 5.74) is 3.35. The minimum atomic E-state index is -0.639. The number of imide groups is 1. The van der Waals surface area contributed by atoms with Gasteiger partial charge in [0.1, 0.15) is 12.4 Å². The van der Waals surface area contributed by atoms with Crippen molar-refractivity contribution >= 4 is 46.3 Å². The number of thioether (sulfide) groups is 1. The summed E-state index contributed by atoms with van der Waals surface area (Å²) in [5, 5.41) is 1.89. The van der Waals surface area contributed by atoms with E-state index in [0.717, 1.165) is 41.6 Å². The molecule has 0 aromatic heterocycles. The second kappa shape index (κ2) is 9.85. The summed E-state index contributed by atoms with van der Waals surface area (Å²) in [6.45, 7) is 9.44. The van der Waals surface area contributed by atoms with E-state index in [-0.39, 0.29) is 16.1 Å². The molecule has 2 aromatic rings. The number of benzene rings is 2. The van der Waals surface area contributed by atoms with Gasteiger partial charge >= 0.3 is 0 Å². The number of hydrogen-bond acceptors (Lipinski definition) is 5. The molecule has 35 heavy (non-hydrogen) atoms. The van der Waals surface area contributed by atoms with Crippen LogP contribution in [0.5, 0.6) is 0 Å². The number of fused-ring (bicyclic) bond motifs is 1. The van der Waals surface area contributed by atoms with Gasteiger partial charge in [-0.1, -0.05) is 32.0 Å². The van der Waals surface area contributed by atoms with E-state index in [2.05, 4.69) is 50.0 Å². The first-order valence-electron chi connectivity index (χ1n) is 11.8. The van der Waals surface area contributed by atoms with Crippen molar-refractivity contribution in [3.8, 4) is 0 Å². The average molecular weight is 496 g/mol. The third kappa shape index (κ3) is 5.12. The van der Waals surface area contributed by atoms with Gasteiger partial charge in [0.05, 0.1) is 10.6 Å². The fraction of sp³-hybridized carbons (Fsp3) is 0.370. The first-order chi connectivity index (χ1) is 16.6. The molecule has 1 atom stereocenters. The number of nitrogens with one attached hydrogen (secondary N) is 1. The second-order valence-corrected chi connectivity index (χ2v) is 10.7. The number of hydrogen-bond donors (Lipinski definition) is 1. The number of carbonyl (C=O) groups is 3. The Hall–Kier alpha value is -3.13. The number of amides is 3. The molecule has 184 valence electrons. The molecule has 3 amide bonds. The highest BCUT2D eigenvalue weighted by molar-refractivity contribution is 8.18. The van der Waals surface area contributed by atoms with Gasteiger partial charge in [-0.05, 0) is 85.8 Å². The van der Waals surface area contributed by atoms with Gasteiger partial charge in [0.25, 0.3) is 11.1 Å². The fourth-order valence-corrected chi connectivity index (χ4v) is 5.77. The highest BCUT2D eigenvalue weighted by Crippen LogP contribution is 2.44. The molecule has 0 spiro atoms. The van der Waals surface area contributed by atoms with E-state index in [0.29, 0.717) is 5.92 Å². The maximum atomic E-state index is 13.8. The van der Waals surface area contributed by atoms with E-state index in [1.54, 1.807) is 12.1 Å². The zero-order valence-electron chi connectivity index (χ0n) is 20.4. The summed E-state index contributed by atoms with van der Waals surface area (Å²) in [6, 6.07) is 11.9. The van der Waals surface area contributed by atoms with Gasteiger partial charge in [-0.15, -0.1) is 0 Å². The van der Waals surface area contributed by atoms with Gasteiger partial charge in [-0.3, -0.25) is 19.3 Å². The molecule has 2 aliphatic rings. The number of rotatable bonds is 6. The average Bonchev–Trinajstić information content (AvgIpc) is 3.05. The second-order valence-electron chi connectivity index (χ2n) is 9.68. The zero-order valence-corrected chi connectivity index (χ0v) is 21.2. The molecule has 8 heteroatoms. The van der Waals surface area contributed by atoms with Gasteiger partial charge in [-0.2, -0.15) is 0 Å². The molecule has 0 aliphatic carbocycles. The molecule has 2 aliphatic heterocycles. The molecule has 0 radical (unpaired) electrons. The van der Waals surface area contributed by atoms with Crippen LogP contribution in [0.2, 0.25) is 0 Å². The van der Waals surface area contributed by atoms with Crippen molar-refractivity contribution in [3.05, 3.63) is 64.3 Å². The predicted octanol–water partition coefficient (Wildman–Crippen LogP) is 6.00. The lowest BCUT2D eigenvalue weighted by Gasteiger charge is -2.47. The smallest absolute Gasteiger partial charge is 0.294 e. The fourth-order valence-electron chi connectivity index (χ4n) is 4.93. The summed E-state index contributed by atoms with van der Waals surface area (Å²) in [7, 11) is 0. The van der Waals surface area contributed by atoms with E-state index in [1.807, 2.05) is 6.07 Å². The first-order valence-corrected chi connectivity index (χ1v) is 12.6. The van der Waals surface area contributed by atoms with Crippen LogP contribution in [0.25, 0.3) is 6.08 Å². The molecule has 1 fully saturated rings. The summed E-state index contributed by atoms with van der Waals surface area (Å²) in [6.07, 6.45) is 3.78. The summed E-state index contributed by atoms with van der Waals surface area (Å²) < 4.78 is 13.8. The van der Waals surface area contributed by atoms with Gasteiger partial charge in [-0.25, -0.2) is 4.39 Å². The van der Waals surface area contributed by atoms with Crippen molar-refractivity contribution in [3.63, 3.8) is 0 Å². The molecular formula is C27H30FN3O3S. The monoisotopic (exact) mass is 495 g/mol. The van der Waals surface area contributed by atoms with Crippen molar-refractivity contribution in [1.82, 2.24) is 4.90 Å². The van der Waals surface area contributed by atoms with Crippen LogP contribution in [0.3, 0.4) is 0 Å². The Morgan fingerprint density at radius 3 is 2.69 bits per heavy atom. The van der Waals surface area contributed by atoms with Crippen LogP contribution in [0.15, 0.2) is 47.4 Å². The highest BCUT2D eigenvalue weighted by atomic mass is 32.2. The third-order valence-corrected chi connectivity index (χ3v) is 7.39. The van der Waals surface area contributed by atoms with Crippen molar-refractivity contribution in [1.29, 1.82) is 0 Å². The van der Waals surface area contributed by atoms with E-state index in [9.17, 15) is 18.8 Å². The molecule has 2 aromatic carbocycles. The van der Waals surface area contributed by atoms with E-state index < -0.39 is 29.4 Å². The molecule has 1 N–H and O–H groups in total. The minimum Gasteiger partial charge on any atom is -0.366 e. The Morgan fingerprint density at radius 2 is 1.97 bits per heavy atom. The van der Waals surface area contributed by atoms with E-state index >= 15 is 0 Å². The molecule has 0 bridgehead atoms. The zero-order chi connectivity index (χ0) is 25.3. The van der Waals surface area contributed by atoms with E-state index in [1.165, 1.54) is 29.4 Å². The number of carbonyl (C=O) groups excluding carboxylic acids is 3. The maximum Gasteiger partial charge on any atom is 0.294 e. The van der Waals surface area contributed by atoms with Crippen molar-refractivity contribution in [2.24, 2.45) is 0 Å². The molecule has 1 unspecified atom stereocenters. The normalized spacial score (nSPS) is 20.4. The van der Waals surface area contributed by atoms with Crippen LogP contribution in [-0.2, 0) is 9.59 Å². The highest BCUT2D eigenvalue weighted by Gasteiger charge is 2.38. The van der Waals surface area contributed by atoms with Crippen LogP contribution < -0.4 is 10.2 Å². The van der Waals surface area contributed by atoms with Crippen molar-refractivity contribution < 1.29 is 18.8 Å². The molecule has 1 saturated heterocycles. The van der Waals surface area contributed by atoms with Gasteiger partial charge in [0.2, 0.25) is 5.91 Å². The van der Waals surface area contributed by atoms with Crippen LogP contribution >= 0.6 is 11.8 Å². The lowest BCUT2D eigenvalue weighted by molar-refractivity contribution is -0.127. The Kier molecular flexibility index (Phi) is 7.03. The Labute approximate surface area is 209 Å². The lowest BCUT2D eigenvalue weighted by Crippen LogP contribution is -2.48. The molecule has 6 nitrogen and oxygen atoms in total. The van der Waals surface area contributed by atoms with Crippen LogP contribution in [-0.4, -0.2) is 40.6 Å². The largest absolute Gasteiger partial charge is 0.366 e. The quantitative estimate of drug-likeness (QED) is 0.498. The van der Waals surface area contributed by atoms with Gasteiger partial charge in [0, 0.05) is 17.8 Å². The molecular weight excluding hydrogens is 465 g/mol. The maximum absolute atomic E-state index is 13.8. The summed E-state index contributed by atoms with van der Waals surface area (Å²) >= 11 is 0.809. The lowest BCUT2D eigenvalue weighted by atomic mass is 9.79. The van der Waals surface area contributed by atoms with Gasteiger partial charge in [0.15, 0.2) is 0 Å². The SMILES string of the molecule is CCCN1c2ccc(/C=C3/SC(=O)N(CC(=O)Nc4ccccc4F)C3=O)cc2C(C)CC1(C)C. The Balaban J connectivity index is 1.52. The first kappa shape index (κ1) is 25.0. The Morgan fingerprint density at radius 1 is 1.23 bits per heavy atom. The van der Waals surface area contributed by atoms with Crippen LogP contribution in [0, 0.1) is 5.82 Å². The topological polar surface area (TPSA) is 69.7 Å². The number of para-hydroxylation sites is 1.